The maximum absolute atomic E-state index is 10.9. The van der Waals surface area contributed by atoms with Crippen molar-refractivity contribution >= 4 is 11.7 Å². The Kier molecular flexibility index (Phi) is 4.08. The number of benzene rings is 1. The van der Waals surface area contributed by atoms with Crippen LogP contribution >= 0.6 is 0 Å². The highest BCUT2D eigenvalue weighted by molar-refractivity contribution is 5.75. The van der Waals surface area contributed by atoms with E-state index in [1.165, 1.54) is 0 Å². The molecule has 1 atom stereocenters. The highest BCUT2D eigenvalue weighted by atomic mass is 16.4. The standard InChI is InChI=1S/C15H19N3O2/c1-10(15(19)20)13-6-4-12(5-7-13)8-16-14-9-18(3)17-11(14)2/h4-7,9-10,16H,8H2,1-3H3,(H,19,20). The van der Waals surface area contributed by atoms with Gasteiger partial charge in [0.05, 0.1) is 17.3 Å². The molecule has 1 unspecified atom stereocenters. The number of rotatable bonds is 5. The van der Waals surface area contributed by atoms with Crippen LogP contribution in [0.15, 0.2) is 30.5 Å². The maximum atomic E-state index is 10.9. The van der Waals surface area contributed by atoms with Gasteiger partial charge in [-0.15, -0.1) is 0 Å². The van der Waals surface area contributed by atoms with E-state index in [-0.39, 0.29) is 0 Å². The normalized spacial score (nSPS) is 12.2. The molecule has 0 saturated carbocycles. The zero-order valence-corrected chi connectivity index (χ0v) is 11.9. The van der Waals surface area contributed by atoms with Crippen molar-refractivity contribution in [3.05, 3.63) is 47.3 Å². The minimum atomic E-state index is -0.804. The number of aromatic nitrogens is 2. The first-order valence-electron chi connectivity index (χ1n) is 6.53. The Bertz CT molecular complexity index is 602. The number of anilines is 1. The van der Waals surface area contributed by atoms with E-state index in [0.717, 1.165) is 22.5 Å². The molecule has 1 heterocycles. The van der Waals surface area contributed by atoms with Gasteiger partial charge in [0.1, 0.15) is 0 Å². The second-order valence-corrected chi connectivity index (χ2v) is 4.96. The predicted octanol–water partition coefficient (Wildman–Crippen LogP) is 2.53. The van der Waals surface area contributed by atoms with E-state index >= 15 is 0 Å². The van der Waals surface area contributed by atoms with Crippen LogP contribution in [-0.2, 0) is 18.4 Å². The number of aliphatic carboxylic acids is 1. The van der Waals surface area contributed by atoms with Crippen LogP contribution in [0.25, 0.3) is 0 Å². The average Bonchev–Trinajstić information content (AvgIpc) is 2.74. The lowest BCUT2D eigenvalue weighted by molar-refractivity contribution is -0.138. The van der Waals surface area contributed by atoms with Gasteiger partial charge in [0.2, 0.25) is 0 Å². The van der Waals surface area contributed by atoms with Crippen molar-refractivity contribution < 1.29 is 9.90 Å². The SMILES string of the molecule is Cc1nn(C)cc1NCc1ccc(C(C)C(=O)O)cc1. The van der Waals surface area contributed by atoms with Crippen molar-refractivity contribution in [2.45, 2.75) is 26.3 Å². The molecule has 0 saturated heterocycles. The Morgan fingerprint density at radius 2 is 2.05 bits per heavy atom. The molecule has 0 aliphatic heterocycles. The largest absolute Gasteiger partial charge is 0.481 e. The zero-order valence-electron chi connectivity index (χ0n) is 11.9. The minimum absolute atomic E-state index is 0.474. The fraction of sp³-hybridized carbons (Fsp3) is 0.333. The molecular weight excluding hydrogens is 254 g/mol. The zero-order chi connectivity index (χ0) is 14.7. The molecule has 5 nitrogen and oxygen atoms in total. The molecule has 0 amide bonds. The number of carbonyl (C=O) groups is 1. The lowest BCUT2D eigenvalue weighted by Crippen LogP contribution is -2.07. The van der Waals surface area contributed by atoms with Gasteiger partial charge in [-0.05, 0) is 25.0 Å². The van der Waals surface area contributed by atoms with E-state index in [2.05, 4.69) is 10.4 Å². The number of nitrogens with one attached hydrogen (secondary N) is 1. The Labute approximate surface area is 118 Å². The third-order valence-corrected chi connectivity index (χ3v) is 3.35. The summed E-state index contributed by atoms with van der Waals surface area (Å²) in [6.45, 7) is 4.34. The van der Waals surface area contributed by atoms with Crippen LogP contribution in [0.5, 0.6) is 0 Å². The van der Waals surface area contributed by atoms with Gasteiger partial charge in [0.25, 0.3) is 0 Å². The Hall–Kier alpha value is -2.30. The smallest absolute Gasteiger partial charge is 0.310 e. The minimum Gasteiger partial charge on any atom is -0.481 e. The summed E-state index contributed by atoms with van der Waals surface area (Å²) >= 11 is 0. The number of hydrogen-bond acceptors (Lipinski definition) is 3. The molecular formula is C15H19N3O2. The third-order valence-electron chi connectivity index (χ3n) is 3.35. The first-order valence-corrected chi connectivity index (χ1v) is 6.53. The summed E-state index contributed by atoms with van der Waals surface area (Å²) in [5.41, 5.74) is 3.90. The van der Waals surface area contributed by atoms with E-state index in [9.17, 15) is 4.79 Å². The van der Waals surface area contributed by atoms with Crippen LogP contribution in [0.3, 0.4) is 0 Å². The molecule has 0 radical (unpaired) electrons. The van der Waals surface area contributed by atoms with Gasteiger partial charge < -0.3 is 10.4 Å². The highest BCUT2D eigenvalue weighted by Crippen LogP contribution is 2.17. The summed E-state index contributed by atoms with van der Waals surface area (Å²) in [5.74, 6) is -1.28. The summed E-state index contributed by atoms with van der Waals surface area (Å²) in [5, 5.41) is 16.6. The van der Waals surface area contributed by atoms with Crippen LogP contribution in [-0.4, -0.2) is 20.9 Å². The molecule has 0 aliphatic carbocycles. The monoisotopic (exact) mass is 273 g/mol. The van der Waals surface area contributed by atoms with E-state index in [1.54, 1.807) is 11.6 Å². The van der Waals surface area contributed by atoms with Gasteiger partial charge in [-0.3, -0.25) is 9.48 Å². The molecule has 0 aliphatic rings. The molecule has 106 valence electrons. The number of carboxylic acid groups (broad SMARTS) is 1. The van der Waals surface area contributed by atoms with Gasteiger partial charge in [-0.25, -0.2) is 0 Å². The topological polar surface area (TPSA) is 67.2 Å². The molecule has 1 aromatic heterocycles. The maximum Gasteiger partial charge on any atom is 0.310 e. The molecule has 0 spiro atoms. The summed E-state index contributed by atoms with van der Waals surface area (Å²) in [6.07, 6.45) is 1.94. The van der Waals surface area contributed by atoms with Crippen LogP contribution in [0.2, 0.25) is 0 Å². The molecule has 20 heavy (non-hydrogen) atoms. The summed E-state index contributed by atoms with van der Waals surface area (Å²) in [4.78, 5) is 10.9. The molecule has 2 aromatic rings. The van der Waals surface area contributed by atoms with Crippen molar-refractivity contribution in [1.29, 1.82) is 0 Å². The van der Waals surface area contributed by atoms with E-state index in [0.29, 0.717) is 6.54 Å². The molecule has 0 fully saturated rings. The van der Waals surface area contributed by atoms with E-state index in [4.69, 9.17) is 5.11 Å². The van der Waals surface area contributed by atoms with Crippen molar-refractivity contribution in [3.8, 4) is 0 Å². The van der Waals surface area contributed by atoms with Crippen LogP contribution in [0.1, 0.15) is 29.7 Å². The first-order chi connectivity index (χ1) is 9.47. The Morgan fingerprint density at radius 1 is 1.40 bits per heavy atom. The van der Waals surface area contributed by atoms with Gasteiger partial charge in [0, 0.05) is 19.8 Å². The lowest BCUT2D eigenvalue weighted by atomic mass is 10.00. The van der Waals surface area contributed by atoms with Crippen molar-refractivity contribution in [2.24, 2.45) is 7.05 Å². The molecule has 5 heteroatoms. The quantitative estimate of drug-likeness (QED) is 0.878. The number of hydrogen-bond donors (Lipinski definition) is 2. The predicted molar refractivity (Wildman–Crippen MR) is 77.8 cm³/mol. The van der Waals surface area contributed by atoms with Gasteiger partial charge >= 0.3 is 5.97 Å². The van der Waals surface area contributed by atoms with Crippen molar-refractivity contribution in [2.75, 3.05) is 5.32 Å². The van der Waals surface area contributed by atoms with Crippen LogP contribution in [0, 0.1) is 6.92 Å². The Balaban J connectivity index is 2.01. The molecule has 1 aromatic carbocycles. The van der Waals surface area contributed by atoms with Crippen molar-refractivity contribution in [3.63, 3.8) is 0 Å². The second kappa shape index (κ2) is 5.77. The Morgan fingerprint density at radius 3 is 2.55 bits per heavy atom. The van der Waals surface area contributed by atoms with Gasteiger partial charge in [-0.2, -0.15) is 5.10 Å². The fourth-order valence-electron chi connectivity index (χ4n) is 2.04. The summed E-state index contributed by atoms with van der Waals surface area (Å²) in [7, 11) is 1.89. The van der Waals surface area contributed by atoms with Gasteiger partial charge in [-0.1, -0.05) is 24.3 Å². The summed E-state index contributed by atoms with van der Waals surface area (Å²) in [6, 6.07) is 7.64. The molecule has 0 bridgehead atoms. The third kappa shape index (κ3) is 3.17. The second-order valence-electron chi connectivity index (χ2n) is 4.96. The van der Waals surface area contributed by atoms with Crippen LogP contribution < -0.4 is 5.32 Å². The molecule has 2 N–H and O–H groups in total. The number of carboxylic acids is 1. The highest BCUT2D eigenvalue weighted by Gasteiger charge is 2.12. The summed E-state index contributed by atoms with van der Waals surface area (Å²) < 4.78 is 1.77. The first kappa shape index (κ1) is 14.1. The van der Waals surface area contributed by atoms with Gasteiger partial charge in [0.15, 0.2) is 0 Å². The fourth-order valence-corrected chi connectivity index (χ4v) is 2.04. The van der Waals surface area contributed by atoms with E-state index < -0.39 is 11.9 Å². The van der Waals surface area contributed by atoms with Crippen LogP contribution in [0.4, 0.5) is 5.69 Å². The average molecular weight is 273 g/mol. The van der Waals surface area contributed by atoms with E-state index in [1.807, 2.05) is 44.4 Å². The molecule has 2 rings (SSSR count). The number of aryl methyl sites for hydroxylation is 2. The number of nitrogens with zero attached hydrogens (tertiary/aromatic N) is 2. The lowest BCUT2D eigenvalue weighted by Gasteiger charge is -2.09. The van der Waals surface area contributed by atoms with Crippen molar-refractivity contribution in [1.82, 2.24) is 9.78 Å².